The van der Waals surface area contributed by atoms with Crippen LogP contribution >= 0.6 is 0 Å². The number of halogens is 1. The molecule has 0 unspecified atom stereocenters. The molecule has 0 radical (unpaired) electrons. The van der Waals surface area contributed by atoms with E-state index in [0.717, 1.165) is 11.3 Å². The topological polar surface area (TPSA) is 108 Å². The van der Waals surface area contributed by atoms with Gasteiger partial charge in [-0.25, -0.2) is 33.3 Å². The van der Waals surface area contributed by atoms with Crippen molar-refractivity contribution in [1.29, 1.82) is 0 Å². The fraction of sp³-hybridized carbons (Fsp3) is 0.409. The number of hydrogen-bond acceptors (Lipinski definition) is 9. The van der Waals surface area contributed by atoms with Crippen molar-refractivity contribution in [2.75, 3.05) is 48.8 Å². The van der Waals surface area contributed by atoms with Crippen molar-refractivity contribution < 1.29 is 12.8 Å². The maximum Gasteiger partial charge on any atom is 0.216 e. The first-order valence-corrected chi connectivity index (χ1v) is 12.9. The number of hydrogen-bond donors (Lipinski definition) is 0. The van der Waals surface area contributed by atoms with E-state index in [9.17, 15) is 12.8 Å². The number of piperazine rings is 1. The summed E-state index contributed by atoms with van der Waals surface area (Å²) in [6, 6.07) is 4.91. The van der Waals surface area contributed by atoms with Gasteiger partial charge in [-0.3, -0.25) is 0 Å². The van der Waals surface area contributed by atoms with Crippen LogP contribution < -0.4 is 9.80 Å². The lowest BCUT2D eigenvalue weighted by atomic mass is 9.99. The highest BCUT2D eigenvalue weighted by Crippen LogP contribution is 2.34. The number of nitrogens with zero attached hydrogens (tertiary/aromatic N) is 8. The second kappa shape index (κ2) is 8.84. The van der Waals surface area contributed by atoms with Gasteiger partial charge in [0, 0.05) is 81.1 Å². The van der Waals surface area contributed by atoms with Crippen molar-refractivity contribution in [2.24, 2.45) is 0 Å². The minimum Gasteiger partial charge on any atom is -0.369 e. The Morgan fingerprint density at radius 2 is 1.71 bits per heavy atom. The van der Waals surface area contributed by atoms with Crippen molar-refractivity contribution in [3.63, 3.8) is 0 Å². The van der Waals surface area contributed by atoms with Gasteiger partial charge in [-0.2, -0.15) is 8.70 Å². The van der Waals surface area contributed by atoms with E-state index in [4.69, 9.17) is 0 Å². The third kappa shape index (κ3) is 4.42. The van der Waals surface area contributed by atoms with E-state index in [1.807, 2.05) is 22.8 Å². The largest absolute Gasteiger partial charge is 0.369 e. The molecule has 0 aliphatic carbocycles. The van der Waals surface area contributed by atoms with Crippen molar-refractivity contribution >= 4 is 21.5 Å². The fourth-order valence-corrected chi connectivity index (χ4v) is 5.30. The summed E-state index contributed by atoms with van der Waals surface area (Å²) in [5.74, 6) is 0.935. The summed E-state index contributed by atoms with van der Waals surface area (Å²) in [7, 11) is -3.23. The van der Waals surface area contributed by atoms with Gasteiger partial charge in [0.15, 0.2) is 11.6 Å². The zero-order valence-corrected chi connectivity index (χ0v) is 19.8. The van der Waals surface area contributed by atoms with E-state index in [-0.39, 0.29) is 6.04 Å². The molecular formula is C22H25FN8O2S. The Morgan fingerprint density at radius 1 is 0.971 bits per heavy atom. The molecule has 0 amide bonds. The van der Waals surface area contributed by atoms with Gasteiger partial charge < -0.3 is 9.80 Å². The molecular weight excluding hydrogens is 459 g/mol. The maximum absolute atomic E-state index is 14.6. The molecule has 3 aromatic heterocycles. The van der Waals surface area contributed by atoms with Crippen LogP contribution in [0.5, 0.6) is 0 Å². The highest BCUT2D eigenvalue weighted by atomic mass is 32.2. The summed E-state index contributed by atoms with van der Waals surface area (Å²) in [5.41, 5.74) is 2.58. The van der Waals surface area contributed by atoms with Crippen LogP contribution in [0.2, 0.25) is 0 Å². The van der Waals surface area contributed by atoms with E-state index in [1.54, 1.807) is 24.7 Å². The molecule has 0 N–H and O–H groups in total. The van der Waals surface area contributed by atoms with Gasteiger partial charge in [-0.15, -0.1) is 0 Å². The van der Waals surface area contributed by atoms with Crippen molar-refractivity contribution in [3.05, 3.63) is 54.0 Å². The molecule has 1 saturated heterocycles. The summed E-state index contributed by atoms with van der Waals surface area (Å²) in [5, 5.41) is 0. The first-order valence-electron chi connectivity index (χ1n) is 11.1. The standard InChI is InChI=1S/C22H25FN8O2S/c1-15-17-14-26-22(21-24-5-3-6-25-21)27-18(17)4-7-31(15)20-13-16(12-19(23)28-20)29-8-10-30(11-9-29)34(2,32)33/h3,5-6,12-15H,4,7-11H2,1-2H3/t15-/m1/s1. The van der Waals surface area contributed by atoms with E-state index < -0.39 is 16.0 Å². The van der Waals surface area contributed by atoms with Gasteiger partial charge >= 0.3 is 0 Å². The van der Waals surface area contributed by atoms with Crippen LogP contribution in [-0.4, -0.2) is 76.6 Å². The minimum atomic E-state index is -3.23. The Hall–Kier alpha value is -3.25. The molecule has 1 atom stereocenters. The molecule has 2 aliphatic rings. The van der Waals surface area contributed by atoms with Crippen molar-refractivity contribution in [3.8, 4) is 11.6 Å². The molecule has 1 fully saturated rings. The minimum absolute atomic E-state index is 0.0984. The van der Waals surface area contributed by atoms with Crippen LogP contribution in [0.1, 0.15) is 24.2 Å². The first-order chi connectivity index (χ1) is 16.3. The second-order valence-electron chi connectivity index (χ2n) is 8.44. The van der Waals surface area contributed by atoms with Crippen LogP contribution in [0.3, 0.4) is 0 Å². The van der Waals surface area contributed by atoms with E-state index in [0.29, 0.717) is 62.3 Å². The first kappa shape index (κ1) is 22.5. The predicted molar refractivity (Wildman–Crippen MR) is 125 cm³/mol. The lowest BCUT2D eigenvalue weighted by molar-refractivity contribution is 0.387. The molecule has 0 aromatic carbocycles. The number of anilines is 2. The number of fused-ring (bicyclic) bond motifs is 1. The van der Waals surface area contributed by atoms with Crippen molar-refractivity contribution in [1.82, 2.24) is 29.2 Å². The van der Waals surface area contributed by atoms with Gasteiger partial charge in [0.25, 0.3) is 0 Å². The third-order valence-electron chi connectivity index (χ3n) is 6.31. The molecule has 178 valence electrons. The molecule has 0 bridgehead atoms. The summed E-state index contributed by atoms with van der Waals surface area (Å²) in [6.07, 6.45) is 6.97. The molecule has 3 aromatic rings. The van der Waals surface area contributed by atoms with E-state index >= 15 is 0 Å². The SMILES string of the molecule is C[C@@H]1c2cnc(-c3ncccn3)nc2CCN1c1cc(N2CCN(S(C)(=O)=O)CC2)cc(F)n1. The normalized spacial score (nSPS) is 19.2. The Balaban J connectivity index is 1.38. The van der Waals surface area contributed by atoms with E-state index in [1.165, 1.54) is 16.6 Å². The summed E-state index contributed by atoms with van der Waals surface area (Å²) >= 11 is 0. The lowest BCUT2D eigenvalue weighted by Gasteiger charge is -2.37. The average molecular weight is 485 g/mol. The summed E-state index contributed by atoms with van der Waals surface area (Å²) in [4.78, 5) is 25.8. The Labute approximate surface area is 197 Å². The van der Waals surface area contributed by atoms with Gasteiger partial charge in [-0.1, -0.05) is 0 Å². The van der Waals surface area contributed by atoms with Crippen molar-refractivity contribution in [2.45, 2.75) is 19.4 Å². The summed E-state index contributed by atoms with van der Waals surface area (Å²) < 4.78 is 39.6. The molecule has 2 aliphatic heterocycles. The number of aromatic nitrogens is 5. The molecule has 34 heavy (non-hydrogen) atoms. The third-order valence-corrected chi connectivity index (χ3v) is 7.61. The van der Waals surface area contributed by atoms with Gasteiger partial charge in [-0.05, 0) is 13.0 Å². The molecule has 12 heteroatoms. The van der Waals surface area contributed by atoms with Crippen LogP contribution in [0.25, 0.3) is 11.6 Å². The Bertz CT molecular complexity index is 1300. The molecule has 0 spiro atoms. The smallest absolute Gasteiger partial charge is 0.216 e. The second-order valence-corrected chi connectivity index (χ2v) is 10.4. The molecule has 0 saturated carbocycles. The number of rotatable bonds is 4. The highest BCUT2D eigenvalue weighted by molar-refractivity contribution is 7.88. The zero-order valence-electron chi connectivity index (χ0n) is 19.0. The average Bonchev–Trinajstić information content (AvgIpc) is 2.84. The highest BCUT2D eigenvalue weighted by Gasteiger charge is 2.29. The zero-order chi connectivity index (χ0) is 23.9. The van der Waals surface area contributed by atoms with Crippen LogP contribution in [0.15, 0.2) is 36.8 Å². The monoisotopic (exact) mass is 484 g/mol. The maximum atomic E-state index is 14.6. The van der Waals surface area contributed by atoms with E-state index in [2.05, 4.69) is 24.9 Å². The quantitative estimate of drug-likeness (QED) is 0.511. The van der Waals surface area contributed by atoms with Gasteiger partial charge in [0.1, 0.15) is 5.82 Å². The predicted octanol–water partition coefficient (Wildman–Crippen LogP) is 1.67. The lowest BCUT2D eigenvalue weighted by Crippen LogP contribution is -2.48. The fourth-order valence-electron chi connectivity index (χ4n) is 4.48. The van der Waals surface area contributed by atoms with Crippen LogP contribution in [0, 0.1) is 5.95 Å². The van der Waals surface area contributed by atoms with Crippen LogP contribution in [-0.2, 0) is 16.4 Å². The Morgan fingerprint density at radius 3 is 2.41 bits per heavy atom. The molecule has 5 heterocycles. The Kier molecular flexibility index (Phi) is 5.86. The van der Waals surface area contributed by atoms with Gasteiger partial charge in [0.2, 0.25) is 16.0 Å². The summed E-state index contributed by atoms with van der Waals surface area (Å²) in [6.45, 7) is 4.38. The van der Waals surface area contributed by atoms with Gasteiger partial charge in [0.05, 0.1) is 18.0 Å². The molecule has 10 nitrogen and oxygen atoms in total. The molecule has 5 rings (SSSR count). The number of pyridine rings is 1. The van der Waals surface area contributed by atoms with Crippen LogP contribution in [0.4, 0.5) is 15.9 Å². The number of sulfonamides is 1.